The minimum atomic E-state index is -0.603. The molecule has 0 atom stereocenters. The van der Waals surface area contributed by atoms with Crippen molar-refractivity contribution in [2.24, 2.45) is 7.05 Å². The molecule has 0 aliphatic rings. The van der Waals surface area contributed by atoms with Crippen molar-refractivity contribution in [2.75, 3.05) is 0 Å². The van der Waals surface area contributed by atoms with Crippen molar-refractivity contribution in [3.63, 3.8) is 0 Å². The van der Waals surface area contributed by atoms with Crippen molar-refractivity contribution in [3.8, 4) is 0 Å². The Balaban J connectivity index is 2.45. The molecule has 1 aromatic carbocycles. The summed E-state index contributed by atoms with van der Waals surface area (Å²) >= 11 is 0. The summed E-state index contributed by atoms with van der Waals surface area (Å²) in [4.78, 5) is 22.3. The molecule has 2 rings (SSSR count). The van der Waals surface area contributed by atoms with Gasteiger partial charge in [-0.15, -0.1) is 0 Å². The molecule has 0 saturated heterocycles. The second-order valence-corrected chi connectivity index (χ2v) is 3.99. The smallest absolute Gasteiger partial charge is 0.286 e. The second-order valence-electron chi connectivity index (χ2n) is 3.99. The molecule has 1 aromatic heterocycles. The highest BCUT2D eigenvalue weighted by Crippen LogP contribution is 2.19. The zero-order chi connectivity index (χ0) is 13.3. The van der Waals surface area contributed by atoms with E-state index in [0.29, 0.717) is 5.56 Å². The van der Waals surface area contributed by atoms with E-state index in [9.17, 15) is 14.9 Å². The van der Waals surface area contributed by atoms with Crippen molar-refractivity contribution in [3.05, 3.63) is 57.4 Å². The Morgan fingerprint density at radius 3 is 2.50 bits per heavy atom. The van der Waals surface area contributed by atoms with Crippen LogP contribution in [0.4, 0.5) is 5.69 Å². The van der Waals surface area contributed by atoms with Crippen molar-refractivity contribution >= 4 is 11.5 Å². The average Bonchev–Trinajstić information content (AvgIpc) is 2.71. The molecule has 6 heteroatoms. The molecule has 0 aliphatic carbocycles. The molecule has 2 aromatic rings. The topological polar surface area (TPSA) is 78.0 Å². The molecule has 1 heterocycles. The van der Waals surface area contributed by atoms with Gasteiger partial charge in [-0.25, -0.2) is 0 Å². The Bertz CT molecular complexity index is 614. The van der Waals surface area contributed by atoms with Gasteiger partial charge in [0.15, 0.2) is 0 Å². The Kier molecular flexibility index (Phi) is 2.93. The molecule has 92 valence electrons. The summed E-state index contributed by atoms with van der Waals surface area (Å²) in [7, 11) is 1.54. The van der Waals surface area contributed by atoms with E-state index < -0.39 is 10.7 Å². The van der Waals surface area contributed by atoms with Crippen LogP contribution < -0.4 is 0 Å². The lowest BCUT2D eigenvalue weighted by molar-refractivity contribution is -0.385. The molecule has 0 N–H and O–H groups in total. The Labute approximate surface area is 103 Å². The van der Waals surface area contributed by atoms with Crippen LogP contribution in [0.5, 0.6) is 0 Å². The number of rotatable bonds is 3. The molecule has 0 saturated carbocycles. The van der Waals surface area contributed by atoms with E-state index in [0.717, 1.165) is 5.56 Å². The SMILES string of the molecule is Cc1ccc(C(=O)c2nn(C)cc2[N+](=O)[O-])cc1. The molecule has 18 heavy (non-hydrogen) atoms. The summed E-state index contributed by atoms with van der Waals surface area (Å²) in [5.41, 5.74) is 0.999. The predicted octanol–water partition coefficient (Wildman–Crippen LogP) is 1.87. The summed E-state index contributed by atoms with van der Waals surface area (Å²) < 4.78 is 1.26. The maximum Gasteiger partial charge on any atom is 0.318 e. The third-order valence-corrected chi connectivity index (χ3v) is 2.54. The molecule has 0 unspecified atom stereocenters. The number of benzene rings is 1. The Hall–Kier alpha value is -2.50. The highest BCUT2D eigenvalue weighted by atomic mass is 16.6. The van der Waals surface area contributed by atoms with E-state index in [2.05, 4.69) is 5.10 Å². The van der Waals surface area contributed by atoms with E-state index in [-0.39, 0.29) is 11.4 Å². The zero-order valence-electron chi connectivity index (χ0n) is 9.95. The van der Waals surface area contributed by atoms with Crippen LogP contribution >= 0.6 is 0 Å². The van der Waals surface area contributed by atoms with Gasteiger partial charge in [-0.2, -0.15) is 5.10 Å². The Morgan fingerprint density at radius 2 is 1.94 bits per heavy atom. The summed E-state index contributed by atoms with van der Waals surface area (Å²) in [6.45, 7) is 1.90. The molecular formula is C12H11N3O3. The summed E-state index contributed by atoms with van der Waals surface area (Å²) in [6, 6.07) is 6.83. The number of carbonyl (C=O) groups excluding carboxylic acids is 1. The Morgan fingerprint density at radius 1 is 1.33 bits per heavy atom. The van der Waals surface area contributed by atoms with Crippen LogP contribution in [0, 0.1) is 17.0 Å². The van der Waals surface area contributed by atoms with Crippen molar-refractivity contribution < 1.29 is 9.72 Å². The van der Waals surface area contributed by atoms with E-state index in [1.807, 2.05) is 6.92 Å². The quantitative estimate of drug-likeness (QED) is 0.469. The average molecular weight is 245 g/mol. The van der Waals surface area contributed by atoms with Gasteiger partial charge >= 0.3 is 5.69 Å². The lowest BCUT2D eigenvalue weighted by atomic mass is 10.1. The van der Waals surface area contributed by atoms with Crippen molar-refractivity contribution in [1.82, 2.24) is 9.78 Å². The van der Waals surface area contributed by atoms with Gasteiger partial charge in [-0.3, -0.25) is 19.6 Å². The number of carbonyl (C=O) groups is 1. The number of aromatic nitrogens is 2. The highest BCUT2D eigenvalue weighted by molar-refractivity contribution is 6.10. The van der Waals surface area contributed by atoms with Gasteiger partial charge in [-0.05, 0) is 6.92 Å². The molecule has 0 radical (unpaired) electrons. The molecule has 0 amide bonds. The minimum Gasteiger partial charge on any atom is -0.286 e. The summed E-state index contributed by atoms with van der Waals surface area (Å²) in [6.07, 6.45) is 1.22. The first-order valence-corrected chi connectivity index (χ1v) is 5.28. The third kappa shape index (κ3) is 2.13. The van der Waals surface area contributed by atoms with Crippen LogP contribution in [0.25, 0.3) is 0 Å². The van der Waals surface area contributed by atoms with Crippen LogP contribution in [0.15, 0.2) is 30.5 Å². The van der Waals surface area contributed by atoms with Crippen LogP contribution in [-0.4, -0.2) is 20.5 Å². The number of hydrogen-bond acceptors (Lipinski definition) is 4. The van der Waals surface area contributed by atoms with Crippen molar-refractivity contribution in [2.45, 2.75) is 6.92 Å². The van der Waals surface area contributed by atoms with E-state index >= 15 is 0 Å². The fraction of sp³-hybridized carbons (Fsp3) is 0.167. The van der Waals surface area contributed by atoms with Crippen LogP contribution in [0.1, 0.15) is 21.6 Å². The van der Waals surface area contributed by atoms with Gasteiger partial charge in [0.2, 0.25) is 11.5 Å². The molecule has 6 nitrogen and oxygen atoms in total. The second kappa shape index (κ2) is 4.40. The first-order valence-electron chi connectivity index (χ1n) is 5.28. The largest absolute Gasteiger partial charge is 0.318 e. The van der Waals surface area contributed by atoms with Gasteiger partial charge in [0, 0.05) is 12.6 Å². The summed E-state index contributed by atoms with van der Waals surface area (Å²) in [5.74, 6) is -0.442. The number of hydrogen-bond donors (Lipinski definition) is 0. The van der Waals surface area contributed by atoms with Gasteiger partial charge in [0.05, 0.1) is 4.92 Å². The van der Waals surface area contributed by atoms with Crippen LogP contribution in [0.3, 0.4) is 0 Å². The van der Waals surface area contributed by atoms with E-state index in [1.165, 1.54) is 10.9 Å². The first kappa shape index (κ1) is 12.0. The number of nitro groups is 1. The first-order chi connectivity index (χ1) is 8.49. The van der Waals surface area contributed by atoms with Gasteiger partial charge in [-0.1, -0.05) is 29.8 Å². The lowest BCUT2D eigenvalue weighted by Gasteiger charge is -1.98. The van der Waals surface area contributed by atoms with Crippen molar-refractivity contribution in [1.29, 1.82) is 0 Å². The standard InChI is InChI=1S/C12H11N3O3/c1-8-3-5-9(6-4-8)12(16)11-10(15(17)18)7-14(2)13-11/h3-7H,1-2H3. The maximum atomic E-state index is 12.1. The van der Waals surface area contributed by atoms with Gasteiger partial charge in [0.25, 0.3) is 0 Å². The normalized spacial score (nSPS) is 10.3. The summed E-state index contributed by atoms with van der Waals surface area (Å²) in [5, 5.41) is 14.7. The van der Waals surface area contributed by atoms with E-state index in [1.54, 1.807) is 31.3 Å². The predicted molar refractivity (Wildman–Crippen MR) is 64.5 cm³/mol. The lowest BCUT2D eigenvalue weighted by Crippen LogP contribution is -2.05. The fourth-order valence-electron chi connectivity index (χ4n) is 1.61. The molecule has 0 fully saturated rings. The highest BCUT2D eigenvalue weighted by Gasteiger charge is 2.25. The monoisotopic (exact) mass is 245 g/mol. The van der Waals surface area contributed by atoms with Gasteiger partial charge in [0.1, 0.15) is 6.20 Å². The molecule has 0 spiro atoms. The molecular weight excluding hydrogens is 234 g/mol. The third-order valence-electron chi connectivity index (χ3n) is 2.54. The number of nitrogens with zero attached hydrogens (tertiary/aromatic N) is 3. The van der Waals surface area contributed by atoms with Crippen LogP contribution in [0.2, 0.25) is 0 Å². The molecule has 0 bridgehead atoms. The minimum absolute atomic E-state index is 0.133. The van der Waals surface area contributed by atoms with Gasteiger partial charge < -0.3 is 0 Å². The fourth-order valence-corrected chi connectivity index (χ4v) is 1.61. The maximum absolute atomic E-state index is 12.1. The number of ketones is 1. The molecule has 0 aliphatic heterocycles. The van der Waals surface area contributed by atoms with Crippen LogP contribution in [-0.2, 0) is 7.05 Å². The zero-order valence-corrected chi connectivity index (χ0v) is 9.95. The number of aryl methyl sites for hydroxylation is 2. The van der Waals surface area contributed by atoms with E-state index in [4.69, 9.17) is 0 Å².